The number of aliphatic imine (C=N–C) groups is 2. The second-order valence-corrected chi connectivity index (χ2v) is 20.0. The van der Waals surface area contributed by atoms with E-state index in [1.54, 1.807) is 53.7 Å². The Morgan fingerprint density at radius 3 is 1.24 bits per heavy atom. The molecule has 0 aromatic carbocycles. The Morgan fingerprint density at radius 2 is 0.938 bits per heavy atom. The van der Waals surface area contributed by atoms with Crippen molar-refractivity contribution >= 4 is 64.0 Å². The number of H-pyrrole nitrogens is 2. The molecule has 0 amide bonds. The van der Waals surface area contributed by atoms with Crippen LogP contribution in [0.4, 0.5) is 9.59 Å². The number of aromatic amines is 2. The third-order valence-corrected chi connectivity index (χ3v) is 12.8. The summed E-state index contributed by atoms with van der Waals surface area (Å²) in [5, 5.41) is 76.2. The summed E-state index contributed by atoms with van der Waals surface area (Å²) < 4.78 is 104. The van der Waals surface area contributed by atoms with E-state index in [1.165, 1.54) is 12.1 Å². The number of hydrogen-bond donors (Lipinski definition) is 8. The predicted molar refractivity (Wildman–Crippen MR) is 264 cm³/mol. The lowest BCUT2D eigenvalue weighted by molar-refractivity contribution is -0.152. The van der Waals surface area contributed by atoms with E-state index in [1.807, 2.05) is 12.1 Å². The molecule has 36 heteroatoms. The average Bonchev–Trinajstić information content (AvgIpc) is 4.18. The van der Waals surface area contributed by atoms with Crippen molar-refractivity contribution in [3.63, 3.8) is 0 Å². The highest BCUT2D eigenvalue weighted by molar-refractivity contribution is 7.48. The van der Waals surface area contributed by atoms with Gasteiger partial charge in [0.05, 0.1) is 59.6 Å². The van der Waals surface area contributed by atoms with Crippen LogP contribution in [0.15, 0.2) is 34.3 Å². The van der Waals surface area contributed by atoms with Gasteiger partial charge in [-0.15, -0.1) is 0 Å². The summed E-state index contributed by atoms with van der Waals surface area (Å²) in [6.07, 6.45) is -10.6. The van der Waals surface area contributed by atoms with Gasteiger partial charge in [0.25, 0.3) is 0 Å². The number of aliphatic hydroxyl groups excluding tert-OH is 4. The number of phosphoric ester groups is 2. The van der Waals surface area contributed by atoms with Gasteiger partial charge in [0.1, 0.15) is 61.4 Å². The zero-order chi connectivity index (χ0) is 59.8. The van der Waals surface area contributed by atoms with E-state index < -0.39 is 154 Å². The van der Waals surface area contributed by atoms with Gasteiger partial charge in [-0.05, 0) is 65.8 Å². The minimum Gasteiger partial charge on any atom is -0.438 e. The van der Waals surface area contributed by atoms with Gasteiger partial charge in [-0.2, -0.15) is 10.5 Å². The maximum Gasteiger partial charge on any atom is 0.510 e. The van der Waals surface area contributed by atoms with Crippen molar-refractivity contribution in [1.29, 1.82) is 21.3 Å². The highest BCUT2D eigenvalue weighted by atomic mass is 31.2. The summed E-state index contributed by atoms with van der Waals surface area (Å²) in [6, 6.07) is 9.80. The fourth-order valence-electron chi connectivity index (χ4n) is 6.47. The Bertz CT molecular complexity index is 2600. The normalized spacial score (nSPS) is 23.1. The van der Waals surface area contributed by atoms with E-state index in [0.717, 1.165) is 26.5 Å². The molecule has 80 heavy (non-hydrogen) atoms. The van der Waals surface area contributed by atoms with Gasteiger partial charge in [0.15, 0.2) is 13.6 Å². The average molecular weight is 1180 g/mol. The van der Waals surface area contributed by atoms with Crippen molar-refractivity contribution in [2.24, 2.45) is 9.98 Å². The van der Waals surface area contributed by atoms with Crippen LogP contribution in [0.3, 0.4) is 0 Å². The van der Waals surface area contributed by atoms with Crippen molar-refractivity contribution in [3.8, 4) is 12.1 Å². The summed E-state index contributed by atoms with van der Waals surface area (Å²) in [5.41, 5.74) is -1.95. The molecule has 2 unspecified atom stereocenters. The summed E-state index contributed by atoms with van der Waals surface area (Å²) in [4.78, 5) is 58.3. The van der Waals surface area contributed by atoms with E-state index in [0.29, 0.717) is 22.8 Å². The summed E-state index contributed by atoms with van der Waals surface area (Å²) in [7, 11) is -9.04. The standard InChI is InChI=1S/C24H35N4O14P.C20H27N4O12P/c1-14(2)40-22(31)35-12-38-43(33,39-13-36-23(32)41-15(3)4)37-11-34-8-18-20(29)21(30)24(9-25,42-18)19-7-6-17(28-19)16(5)27-10-26;1-12(23-8-22)15-4-5-17(24-15)20(7-21)19(28)18(27)16(36-20)6-30-9-33-37(29,34-10-31-13(2)25)35-11-32-14(3)26/h6-7,10,14-15,18,20-21,26,28-30H,8,11-13H2,1-5H3;4-5,8,16,18-19,22,24,27-28H,6,9-11H2,1-3H3/t18?,20-,21-,24+;16?,18-,19-,20+/m11/s1. The maximum atomic E-state index is 13.0. The molecule has 8 N–H and O–H groups in total. The number of ether oxygens (including phenoxy) is 10. The van der Waals surface area contributed by atoms with E-state index in [2.05, 4.69) is 38.9 Å². The van der Waals surface area contributed by atoms with Crippen LogP contribution in [0.5, 0.6) is 0 Å². The molecule has 4 heterocycles. The third-order valence-electron chi connectivity index (χ3n) is 10.3. The fourth-order valence-corrected chi connectivity index (χ4v) is 8.05. The minimum atomic E-state index is -4.61. The Morgan fingerprint density at radius 1 is 0.613 bits per heavy atom. The molecule has 2 saturated heterocycles. The number of carbonyl (C=O) groups excluding carboxylic acids is 4. The van der Waals surface area contributed by atoms with Crippen molar-refractivity contribution < 1.29 is 123 Å². The maximum absolute atomic E-state index is 13.0. The lowest BCUT2D eigenvalue weighted by Gasteiger charge is -2.23. The number of hydrogen-bond acceptors (Lipinski definition) is 30. The van der Waals surface area contributed by atoms with Gasteiger partial charge in [-0.25, -0.2) is 46.8 Å². The van der Waals surface area contributed by atoms with Crippen molar-refractivity contribution in [3.05, 3.63) is 47.0 Å². The van der Waals surface area contributed by atoms with Gasteiger partial charge >= 0.3 is 39.9 Å². The first-order valence-corrected chi connectivity index (χ1v) is 26.2. The fraction of sp³-hybridized carbons (Fsp3) is 0.591. The number of carbonyl (C=O) groups is 4. The molecule has 2 fully saturated rings. The molecule has 2 aromatic heterocycles. The molecule has 444 valence electrons. The van der Waals surface area contributed by atoms with Crippen LogP contribution in [0.1, 0.15) is 78.2 Å². The number of phosphoric acid groups is 2. The molecular weight excluding hydrogens is 1120 g/mol. The number of nitrogens with one attached hydrogen (secondary N) is 4. The second kappa shape index (κ2) is 32.1. The lowest BCUT2D eigenvalue weighted by Crippen LogP contribution is -2.40. The highest BCUT2D eigenvalue weighted by Crippen LogP contribution is 2.50. The molecule has 4 rings (SSSR count). The second-order valence-electron chi connectivity index (χ2n) is 16.6. The van der Waals surface area contributed by atoms with E-state index >= 15 is 0 Å². The molecule has 0 bridgehead atoms. The lowest BCUT2D eigenvalue weighted by atomic mass is 9.93. The van der Waals surface area contributed by atoms with Gasteiger partial charge in [-0.3, -0.25) is 29.5 Å². The van der Waals surface area contributed by atoms with Crippen LogP contribution in [0.25, 0.3) is 0 Å². The third kappa shape index (κ3) is 20.0. The molecule has 2 aliphatic heterocycles. The van der Waals surface area contributed by atoms with Gasteiger partial charge in [0.2, 0.25) is 38.4 Å². The number of aliphatic hydroxyl groups is 4. The van der Waals surface area contributed by atoms with Crippen molar-refractivity contribution in [2.75, 3.05) is 54.0 Å². The van der Waals surface area contributed by atoms with Crippen LogP contribution in [0, 0.1) is 33.5 Å². The Kier molecular flexibility index (Phi) is 27.3. The number of aromatic nitrogens is 2. The predicted octanol–water partition coefficient (Wildman–Crippen LogP) is 2.88. The number of esters is 2. The summed E-state index contributed by atoms with van der Waals surface area (Å²) in [5.74, 6) is -1.47. The van der Waals surface area contributed by atoms with Crippen molar-refractivity contribution in [2.45, 2.75) is 115 Å². The monoisotopic (exact) mass is 1180 g/mol. The molecule has 0 aliphatic carbocycles. The van der Waals surface area contributed by atoms with Gasteiger partial charge in [-0.1, -0.05) is 0 Å². The van der Waals surface area contributed by atoms with Crippen LogP contribution < -0.4 is 0 Å². The van der Waals surface area contributed by atoms with Crippen molar-refractivity contribution in [1.82, 2.24) is 9.97 Å². The minimum absolute atomic E-state index is 0.119. The summed E-state index contributed by atoms with van der Waals surface area (Å²) in [6.45, 7) is 5.73. The molecular formula is C44H62N8O26P2. The molecule has 0 saturated carbocycles. The molecule has 0 radical (unpaired) electrons. The van der Waals surface area contributed by atoms with Crippen LogP contribution in [0.2, 0.25) is 0 Å². The Hall–Kier alpha value is -6.40. The number of nitriles is 2. The first kappa shape index (κ1) is 67.9. The summed E-state index contributed by atoms with van der Waals surface area (Å²) >= 11 is 0. The van der Waals surface area contributed by atoms with Gasteiger partial charge in [0, 0.05) is 13.8 Å². The topological polar surface area (TPSA) is 483 Å². The largest absolute Gasteiger partial charge is 0.510 e. The Balaban J connectivity index is 0.000000425. The molecule has 2 aliphatic rings. The molecule has 0 spiro atoms. The molecule has 8 atom stereocenters. The highest BCUT2D eigenvalue weighted by Gasteiger charge is 2.58. The van der Waals surface area contributed by atoms with E-state index in [4.69, 9.17) is 66.4 Å². The first-order valence-electron chi connectivity index (χ1n) is 23.3. The quantitative estimate of drug-likeness (QED) is 0.0106. The molecule has 34 nitrogen and oxygen atoms in total. The molecule has 2 aromatic rings. The zero-order valence-corrected chi connectivity index (χ0v) is 46.0. The SMILES string of the molecule is CC(=NC=N)c1ccc([C@]2(C#N)OC(COCOP(=O)(OCOC(=O)OC(C)C)OCOC(=O)OC(C)C)[C@@H](O)[C@H]2O)[nH]1.CC(=O)OCOP(=O)(OCOCC1O[C@@](C#N)(c2ccc(C(C)=NC=N)[nH]2)[C@H](O)[C@@H]1O)OCOC(C)=O. The van der Waals surface area contributed by atoms with Crippen LogP contribution >= 0.6 is 15.6 Å². The Labute approximate surface area is 456 Å². The van der Waals surface area contributed by atoms with Crippen LogP contribution in [-0.2, 0) is 104 Å². The van der Waals surface area contributed by atoms with Crippen LogP contribution in [-0.4, -0.2) is 182 Å². The number of rotatable bonds is 30. The van der Waals surface area contributed by atoms with Gasteiger partial charge < -0.3 is 77.8 Å². The van der Waals surface area contributed by atoms with E-state index in [9.17, 15) is 59.3 Å². The number of nitrogens with zero attached hydrogens (tertiary/aromatic N) is 4. The zero-order valence-electron chi connectivity index (χ0n) is 44.2. The first-order chi connectivity index (χ1) is 37.7. The van der Waals surface area contributed by atoms with E-state index in [-0.39, 0.29) is 11.4 Å². The smallest absolute Gasteiger partial charge is 0.438 e.